The molecule has 1 aliphatic carbocycles. The lowest BCUT2D eigenvalue weighted by Gasteiger charge is -2.25. The minimum atomic E-state index is -4.55. The third-order valence-corrected chi connectivity index (χ3v) is 4.66. The first kappa shape index (κ1) is 21.2. The predicted octanol–water partition coefficient (Wildman–Crippen LogP) is 3.41. The van der Waals surface area contributed by atoms with Crippen LogP contribution in [0, 0.1) is 0 Å². The summed E-state index contributed by atoms with van der Waals surface area (Å²) in [6.45, 7) is 2.12. The Bertz CT molecular complexity index is 643. The smallest absolute Gasteiger partial charge is 0.352 e. The fourth-order valence-corrected chi connectivity index (χ4v) is 3.23. The van der Waals surface area contributed by atoms with Gasteiger partial charge in [-0.15, -0.1) is 0 Å². The van der Waals surface area contributed by atoms with Crippen molar-refractivity contribution in [2.45, 2.75) is 51.2 Å². The van der Waals surface area contributed by atoms with Crippen LogP contribution in [0.5, 0.6) is 0 Å². The van der Waals surface area contributed by atoms with Crippen molar-refractivity contribution in [2.24, 2.45) is 0 Å². The summed E-state index contributed by atoms with van der Waals surface area (Å²) in [5.41, 5.74) is -1.17. The molecule has 2 N–H and O–H groups in total. The van der Waals surface area contributed by atoms with Crippen molar-refractivity contribution in [3.8, 4) is 0 Å². The number of anilines is 1. The zero-order valence-electron chi connectivity index (χ0n) is 15.4. The van der Waals surface area contributed by atoms with Gasteiger partial charge in [0.25, 0.3) is 0 Å². The van der Waals surface area contributed by atoms with Crippen LogP contribution in [0.1, 0.15) is 44.6 Å². The lowest BCUT2D eigenvalue weighted by Crippen LogP contribution is -2.44. The maximum Gasteiger partial charge on any atom is 0.418 e. The highest BCUT2D eigenvalue weighted by molar-refractivity contribution is 5.93. The Hall–Kier alpha value is -2.09. The Morgan fingerprint density at radius 2 is 1.70 bits per heavy atom. The molecule has 8 heteroatoms. The molecule has 1 aliphatic rings. The third kappa shape index (κ3) is 6.86. The zero-order chi connectivity index (χ0) is 19.9. The molecule has 1 aromatic rings. The van der Waals surface area contributed by atoms with E-state index in [0.717, 1.165) is 31.7 Å². The highest BCUT2D eigenvalue weighted by atomic mass is 19.4. The molecule has 0 aliphatic heterocycles. The fourth-order valence-electron chi connectivity index (χ4n) is 3.23. The molecule has 27 heavy (non-hydrogen) atoms. The van der Waals surface area contributed by atoms with Crippen LogP contribution in [0.15, 0.2) is 24.3 Å². The molecule has 150 valence electrons. The first-order valence-corrected chi connectivity index (χ1v) is 9.27. The number of nitrogens with one attached hydrogen (secondary N) is 2. The summed E-state index contributed by atoms with van der Waals surface area (Å²) < 4.78 is 39.0. The van der Waals surface area contributed by atoms with Crippen molar-refractivity contribution in [3.05, 3.63) is 29.8 Å². The number of rotatable bonds is 7. The van der Waals surface area contributed by atoms with Crippen LogP contribution in [-0.4, -0.2) is 42.4 Å². The van der Waals surface area contributed by atoms with Gasteiger partial charge in [0.05, 0.1) is 24.3 Å². The van der Waals surface area contributed by atoms with Crippen molar-refractivity contribution in [3.63, 3.8) is 0 Å². The first-order valence-electron chi connectivity index (χ1n) is 9.27. The number of carbonyl (C=O) groups excluding carboxylic acids is 2. The van der Waals surface area contributed by atoms with Crippen LogP contribution in [0.3, 0.4) is 0 Å². The minimum absolute atomic E-state index is 0.0430. The molecule has 0 unspecified atom stereocenters. The lowest BCUT2D eigenvalue weighted by atomic mass is 9.95. The van der Waals surface area contributed by atoms with Gasteiger partial charge in [-0.3, -0.25) is 14.5 Å². The summed E-state index contributed by atoms with van der Waals surface area (Å²) >= 11 is 0. The normalized spacial score (nSPS) is 15.6. The van der Waals surface area contributed by atoms with Gasteiger partial charge in [0.2, 0.25) is 11.8 Å². The van der Waals surface area contributed by atoms with Crippen LogP contribution in [0.2, 0.25) is 0 Å². The van der Waals surface area contributed by atoms with Gasteiger partial charge in [-0.25, -0.2) is 0 Å². The van der Waals surface area contributed by atoms with Crippen molar-refractivity contribution >= 4 is 17.5 Å². The second-order valence-corrected chi connectivity index (χ2v) is 6.80. The van der Waals surface area contributed by atoms with Crippen molar-refractivity contribution < 1.29 is 22.8 Å². The quantitative estimate of drug-likeness (QED) is 0.756. The van der Waals surface area contributed by atoms with Crippen LogP contribution in [0.25, 0.3) is 0 Å². The van der Waals surface area contributed by atoms with Gasteiger partial charge in [0, 0.05) is 6.04 Å². The summed E-state index contributed by atoms with van der Waals surface area (Å²) in [6, 6.07) is 5.02. The lowest BCUT2D eigenvalue weighted by molar-refractivity contribution is -0.137. The number of halogens is 3. The molecule has 2 rings (SSSR count). The van der Waals surface area contributed by atoms with Crippen LogP contribution in [-0.2, 0) is 15.8 Å². The van der Waals surface area contributed by atoms with Crippen molar-refractivity contribution in [1.29, 1.82) is 0 Å². The van der Waals surface area contributed by atoms with E-state index in [1.807, 2.05) is 0 Å². The average molecular weight is 385 g/mol. The van der Waals surface area contributed by atoms with Gasteiger partial charge < -0.3 is 10.6 Å². The Kier molecular flexibility index (Phi) is 7.65. The summed E-state index contributed by atoms with van der Waals surface area (Å²) in [4.78, 5) is 26.0. The zero-order valence-corrected chi connectivity index (χ0v) is 15.4. The molecule has 1 fully saturated rings. The van der Waals surface area contributed by atoms with Gasteiger partial charge in [-0.1, -0.05) is 38.3 Å². The van der Waals surface area contributed by atoms with Crippen molar-refractivity contribution in [2.75, 3.05) is 25.0 Å². The van der Waals surface area contributed by atoms with Crippen LogP contribution >= 0.6 is 0 Å². The molecule has 1 aromatic carbocycles. The molecule has 0 bridgehead atoms. The molecular weight excluding hydrogens is 359 g/mol. The summed E-state index contributed by atoms with van der Waals surface area (Å²) in [6.07, 6.45) is 0.771. The monoisotopic (exact) mass is 385 g/mol. The molecule has 0 spiro atoms. The molecule has 0 atom stereocenters. The van der Waals surface area contributed by atoms with Crippen LogP contribution < -0.4 is 10.6 Å². The van der Waals surface area contributed by atoms with E-state index in [9.17, 15) is 22.8 Å². The molecule has 1 saturated carbocycles. The number of para-hydroxylation sites is 1. The second kappa shape index (κ2) is 9.73. The highest BCUT2D eigenvalue weighted by Gasteiger charge is 2.33. The van der Waals surface area contributed by atoms with Crippen molar-refractivity contribution in [1.82, 2.24) is 10.2 Å². The Morgan fingerprint density at radius 3 is 2.33 bits per heavy atom. The van der Waals surface area contributed by atoms with Crippen LogP contribution in [0.4, 0.5) is 18.9 Å². The summed E-state index contributed by atoms with van der Waals surface area (Å²) in [5.74, 6) is -0.744. The predicted molar refractivity (Wildman–Crippen MR) is 97.2 cm³/mol. The molecule has 2 amide bonds. The molecule has 5 nitrogen and oxygen atoms in total. The summed E-state index contributed by atoms with van der Waals surface area (Å²) in [5, 5.41) is 5.28. The SMILES string of the molecule is CCN(CC(=O)Nc1ccccc1C(F)(F)F)CC(=O)NC1CCCCC1. The number of benzene rings is 1. The van der Waals surface area contributed by atoms with E-state index in [1.165, 1.54) is 24.6 Å². The van der Waals surface area contributed by atoms with Gasteiger partial charge in [-0.05, 0) is 31.5 Å². The number of hydrogen-bond acceptors (Lipinski definition) is 3. The standard InChI is InChI=1S/C19H26F3N3O2/c1-2-25(12-17(26)23-14-8-4-3-5-9-14)13-18(27)24-16-11-7-6-10-15(16)19(20,21)22/h6-7,10-11,14H,2-5,8-9,12-13H2,1H3,(H,23,26)(H,24,27). The van der Waals surface area contributed by atoms with E-state index < -0.39 is 17.6 Å². The molecule has 0 saturated heterocycles. The van der Waals surface area contributed by atoms with E-state index in [4.69, 9.17) is 0 Å². The van der Waals surface area contributed by atoms with E-state index in [0.29, 0.717) is 6.54 Å². The average Bonchev–Trinajstić information content (AvgIpc) is 2.61. The van der Waals surface area contributed by atoms with Gasteiger partial charge in [0.1, 0.15) is 0 Å². The number of alkyl halides is 3. The minimum Gasteiger partial charge on any atom is -0.352 e. The first-order chi connectivity index (χ1) is 12.8. The number of likely N-dealkylation sites (N-methyl/N-ethyl adjacent to an activating group) is 1. The highest BCUT2D eigenvalue weighted by Crippen LogP contribution is 2.34. The molecule has 0 aromatic heterocycles. The molecule has 0 heterocycles. The van der Waals surface area contributed by atoms with E-state index in [1.54, 1.807) is 11.8 Å². The largest absolute Gasteiger partial charge is 0.418 e. The Balaban J connectivity index is 1.88. The molecular formula is C19H26F3N3O2. The number of carbonyl (C=O) groups is 2. The second-order valence-electron chi connectivity index (χ2n) is 6.80. The maximum absolute atomic E-state index is 13.0. The topological polar surface area (TPSA) is 61.4 Å². The van der Waals surface area contributed by atoms with Gasteiger partial charge in [-0.2, -0.15) is 13.2 Å². The molecule has 0 radical (unpaired) electrons. The van der Waals surface area contributed by atoms with E-state index >= 15 is 0 Å². The number of amides is 2. The number of nitrogens with zero attached hydrogens (tertiary/aromatic N) is 1. The van der Waals surface area contributed by atoms with Gasteiger partial charge in [0.15, 0.2) is 0 Å². The van der Waals surface area contributed by atoms with E-state index in [-0.39, 0.29) is 30.7 Å². The summed E-state index contributed by atoms with van der Waals surface area (Å²) in [7, 11) is 0. The Labute approximate surface area is 157 Å². The number of hydrogen-bond donors (Lipinski definition) is 2. The third-order valence-electron chi connectivity index (χ3n) is 4.66. The van der Waals surface area contributed by atoms with E-state index in [2.05, 4.69) is 10.6 Å². The van der Waals surface area contributed by atoms with Gasteiger partial charge >= 0.3 is 6.18 Å². The maximum atomic E-state index is 13.0. The fraction of sp³-hybridized carbons (Fsp3) is 0.579. The Morgan fingerprint density at radius 1 is 1.07 bits per heavy atom.